The number of hydrogen-bond donors (Lipinski definition) is 1. The molecule has 1 atom stereocenters. The molecule has 0 aromatic heterocycles. The largest absolute Gasteiger partial charge is 0.382 e. The van der Waals surface area contributed by atoms with Crippen molar-refractivity contribution in [3.05, 3.63) is 0 Å². The van der Waals surface area contributed by atoms with Crippen LogP contribution >= 0.6 is 11.8 Å². The quantitative estimate of drug-likeness (QED) is 0.569. The average Bonchev–Trinajstić information content (AvgIpc) is 1.68. The topological polar surface area (TPSA) is 20.2 Å². The lowest BCUT2D eigenvalue weighted by Crippen LogP contribution is -1.96. The molecular formula is C5H12OS. The minimum absolute atomic E-state index is 0.134. The monoisotopic (exact) mass is 120 g/mol. The number of thioether (sulfide) groups is 1. The summed E-state index contributed by atoms with van der Waals surface area (Å²) < 4.78 is 0. The Morgan fingerprint density at radius 3 is 2.43 bits per heavy atom. The Labute approximate surface area is 49.1 Å². The molecular weight excluding hydrogens is 108 g/mol. The number of aliphatic hydroxyl groups excluding tert-OH is 1. The van der Waals surface area contributed by atoms with Gasteiger partial charge in [0.2, 0.25) is 0 Å². The van der Waals surface area contributed by atoms with Crippen molar-refractivity contribution in [2.24, 2.45) is 0 Å². The van der Waals surface area contributed by atoms with Crippen LogP contribution in [0, 0.1) is 0 Å². The fraction of sp³-hybridized carbons (Fsp3) is 1.00. The number of hydrogen-bond acceptors (Lipinski definition) is 2. The van der Waals surface area contributed by atoms with Gasteiger partial charge in [-0.3, -0.25) is 0 Å². The van der Waals surface area contributed by atoms with E-state index in [0.717, 1.165) is 12.8 Å². The highest BCUT2D eigenvalue weighted by molar-refractivity contribution is 7.99. The number of rotatable bonds is 3. The van der Waals surface area contributed by atoms with Gasteiger partial charge in [-0.25, -0.2) is 0 Å². The summed E-state index contributed by atoms with van der Waals surface area (Å²) in [5.74, 6) is 0. The zero-order valence-electron chi connectivity index (χ0n) is 4.85. The van der Waals surface area contributed by atoms with Crippen molar-refractivity contribution in [1.29, 1.82) is 0 Å². The molecule has 0 fully saturated rings. The molecule has 2 heteroatoms. The Bertz CT molecular complexity index is 39.1. The molecule has 0 saturated heterocycles. The second kappa shape index (κ2) is 4.47. The summed E-state index contributed by atoms with van der Waals surface area (Å²) in [6, 6.07) is 0. The standard InChI is InChI=1S/C5H12OS/c1-3-4-5(6)7-2/h5-6H,3-4H2,1-2H3. The molecule has 0 aliphatic heterocycles. The van der Waals surface area contributed by atoms with E-state index in [4.69, 9.17) is 5.11 Å². The van der Waals surface area contributed by atoms with E-state index < -0.39 is 0 Å². The fourth-order valence-electron chi connectivity index (χ4n) is 0.365. The molecule has 0 heterocycles. The molecule has 1 N–H and O–H groups in total. The van der Waals surface area contributed by atoms with E-state index in [2.05, 4.69) is 6.92 Å². The Morgan fingerprint density at radius 2 is 2.29 bits per heavy atom. The van der Waals surface area contributed by atoms with E-state index in [1.807, 2.05) is 6.26 Å². The average molecular weight is 120 g/mol. The van der Waals surface area contributed by atoms with E-state index in [-0.39, 0.29) is 5.44 Å². The molecule has 44 valence electrons. The predicted molar refractivity (Wildman–Crippen MR) is 34.4 cm³/mol. The van der Waals surface area contributed by atoms with Crippen LogP contribution in [-0.4, -0.2) is 16.8 Å². The van der Waals surface area contributed by atoms with Crippen LogP contribution in [0.4, 0.5) is 0 Å². The Balaban J connectivity index is 2.83. The van der Waals surface area contributed by atoms with Crippen LogP contribution in [-0.2, 0) is 0 Å². The third-order valence-electron chi connectivity index (χ3n) is 0.808. The molecule has 1 nitrogen and oxygen atoms in total. The first kappa shape index (κ1) is 7.31. The molecule has 0 aromatic rings. The van der Waals surface area contributed by atoms with E-state index >= 15 is 0 Å². The number of aliphatic hydroxyl groups is 1. The maximum absolute atomic E-state index is 8.82. The summed E-state index contributed by atoms with van der Waals surface area (Å²) >= 11 is 1.50. The lowest BCUT2D eigenvalue weighted by atomic mass is 10.4. The van der Waals surface area contributed by atoms with Crippen LogP contribution in [0.2, 0.25) is 0 Å². The molecule has 0 aliphatic rings. The lowest BCUT2D eigenvalue weighted by molar-refractivity contribution is 0.252. The van der Waals surface area contributed by atoms with E-state index in [1.165, 1.54) is 11.8 Å². The summed E-state index contributed by atoms with van der Waals surface area (Å²) in [5.41, 5.74) is -0.134. The van der Waals surface area contributed by atoms with Crippen molar-refractivity contribution < 1.29 is 5.11 Å². The van der Waals surface area contributed by atoms with Crippen LogP contribution in [0.3, 0.4) is 0 Å². The SMILES string of the molecule is CCCC(O)SC. The normalized spacial score (nSPS) is 14.1. The maximum atomic E-state index is 8.82. The van der Waals surface area contributed by atoms with Crippen molar-refractivity contribution in [3.63, 3.8) is 0 Å². The first-order valence-corrected chi connectivity index (χ1v) is 3.81. The Kier molecular flexibility index (Phi) is 4.67. The zero-order chi connectivity index (χ0) is 5.70. The van der Waals surface area contributed by atoms with Crippen LogP contribution in [0.1, 0.15) is 19.8 Å². The van der Waals surface area contributed by atoms with Gasteiger partial charge in [0, 0.05) is 0 Å². The molecule has 0 radical (unpaired) electrons. The Hall–Kier alpha value is 0.310. The highest BCUT2D eigenvalue weighted by Gasteiger charge is 1.95. The van der Waals surface area contributed by atoms with Gasteiger partial charge in [-0.15, -0.1) is 11.8 Å². The minimum Gasteiger partial charge on any atom is -0.382 e. The summed E-state index contributed by atoms with van der Waals surface area (Å²) in [5, 5.41) is 8.82. The molecule has 0 spiro atoms. The first-order chi connectivity index (χ1) is 3.31. The van der Waals surface area contributed by atoms with Gasteiger partial charge in [-0.05, 0) is 12.7 Å². The second-order valence-corrected chi connectivity index (χ2v) is 2.49. The predicted octanol–water partition coefficient (Wildman–Crippen LogP) is 1.47. The Morgan fingerprint density at radius 1 is 1.71 bits per heavy atom. The van der Waals surface area contributed by atoms with Crippen molar-refractivity contribution in [1.82, 2.24) is 0 Å². The van der Waals surface area contributed by atoms with Crippen molar-refractivity contribution in [2.45, 2.75) is 25.2 Å². The van der Waals surface area contributed by atoms with Gasteiger partial charge in [-0.1, -0.05) is 13.3 Å². The molecule has 0 rings (SSSR count). The second-order valence-electron chi connectivity index (χ2n) is 1.48. The third-order valence-corrected chi connectivity index (χ3v) is 1.59. The minimum atomic E-state index is -0.134. The van der Waals surface area contributed by atoms with E-state index in [9.17, 15) is 0 Å². The van der Waals surface area contributed by atoms with Gasteiger partial charge in [-0.2, -0.15) is 0 Å². The van der Waals surface area contributed by atoms with Gasteiger partial charge >= 0.3 is 0 Å². The molecule has 0 saturated carbocycles. The van der Waals surface area contributed by atoms with Crippen molar-refractivity contribution in [2.75, 3.05) is 6.26 Å². The summed E-state index contributed by atoms with van der Waals surface area (Å²) in [4.78, 5) is 0. The molecule has 0 bridgehead atoms. The smallest absolute Gasteiger partial charge is 0.0989 e. The van der Waals surface area contributed by atoms with Gasteiger partial charge in [0.05, 0.1) is 5.44 Å². The van der Waals surface area contributed by atoms with Crippen LogP contribution in [0.5, 0.6) is 0 Å². The van der Waals surface area contributed by atoms with E-state index in [1.54, 1.807) is 0 Å². The lowest BCUT2D eigenvalue weighted by Gasteiger charge is -2.01. The summed E-state index contributed by atoms with van der Waals surface area (Å²) in [6.07, 6.45) is 3.91. The summed E-state index contributed by atoms with van der Waals surface area (Å²) in [6.45, 7) is 2.07. The van der Waals surface area contributed by atoms with Crippen LogP contribution in [0.25, 0.3) is 0 Å². The highest BCUT2D eigenvalue weighted by Crippen LogP contribution is 2.07. The van der Waals surface area contributed by atoms with E-state index in [0.29, 0.717) is 0 Å². The summed E-state index contributed by atoms with van der Waals surface area (Å²) in [7, 11) is 0. The first-order valence-electron chi connectivity index (χ1n) is 2.52. The van der Waals surface area contributed by atoms with Crippen LogP contribution < -0.4 is 0 Å². The zero-order valence-corrected chi connectivity index (χ0v) is 5.66. The highest BCUT2D eigenvalue weighted by atomic mass is 32.2. The molecule has 0 aromatic carbocycles. The van der Waals surface area contributed by atoms with Gasteiger partial charge in [0.15, 0.2) is 0 Å². The molecule has 0 aliphatic carbocycles. The van der Waals surface area contributed by atoms with Gasteiger partial charge in [0.25, 0.3) is 0 Å². The van der Waals surface area contributed by atoms with Gasteiger partial charge in [0.1, 0.15) is 0 Å². The maximum Gasteiger partial charge on any atom is 0.0989 e. The third kappa shape index (κ3) is 4.16. The van der Waals surface area contributed by atoms with Crippen molar-refractivity contribution >= 4 is 11.8 Å². The van der Waals surface area contributed by atoms with Crippen molar-refractivity contribution in [3.8, 4) is 0 Å². The van der Waals surface area contributed by atoms with Crippen LogP contribution in [0.15, 0.2) is 0 Å². The van der Waals surface area contributed by atoms with Gasteiger partial charge < -0.3 is 5.11 Å². The molecule has 0 amide bonds. The fourth-order valence-corrected chi connectivity index (χ4v) is 0.836. The molecule has 7 heavy (non-hydrogen) atoms. The molecule has 1 unspecified atom stereocenters.